The van der Waals surface area contributed by atoms with E-state index in [1.807, 2.05) is 6.92 Å². The zero-order valence-corrected chi connectivity index (χ0v) is 53.0. The SMILES string of the molecule is CCOC(=O)c1nn(C)c(-c2cnc(OC)cc2OC)c1C.COc1cc(OC)c(-c2c(C)c(C(=O)Nc3cncc(F)c3C)nn2C)cn1.COc1cc(OC)c(-c2c(C)c(C(=O)O)nn2C)cn1.COc1cc(OC)c(-c2c(C)c(C(N)=O)nn2C)cn1. The van der Waals surface area contributed by atoms with Crippen LogP contribution in [0.3, 0.4) is 0 Å². The molecule has 0 saturated carbocycles. The molecule has 9 rings (SSSR count). The fraction of sp³-hybridized carbons (Fsp3) is 0.317. The Morgan fingerprint density at radius 2 is 0.800 bits per heavy atom. The highest BCUT2D eigenvalue weighted by molar-refractivity contribution is 6.05. The number of carboxylic acid groups (broad SMARTS) is 1. The van der Waals surface area contributed by atoms with Crippen LogP contribution in [-0.4, -0.2) is 156 Å². The minimum atomic E-state index is -1.07. The summed E-state index contributed by atoms with van der Waals surface area (Å²) in [5.74, 6) is 0.947. The van der Waals surface area contributed by atoms with Crippen LogP contribution in [0.15, 0.2) is 61.4 Å². The Morgan fingerprint density at radius 1 is 0.478 bits per heavy atom. The first-order valence-electron chi connectivity index (χ1n) is 27.0. The van der Waals surface area contributed by atoms with Crippen LogP contribution >= 0.6 is 0 Å². The number of aromatic carboxylic acids is 1. The number of aromatic nitrogens is 13. The van der Waals surface area contributed by atoms with Crippen LogP contribution in [0, 0.1) is 40.4 Å². The second-order valence-electron chi connectivity index (χ2n) is 19.1. The molecule has 90 heavy (non-hydrogen) atoms. The molecule has 9 heterocycles. The molecule has 0 aliphatic rings. The average Bonchev–Trinajstić information content (AvgIpc) is 1.67. The lowest BCUT2D eigenvalue weighted by Gasteiger charge is -2.11. The number of hydrogen-bond donors (Lipinski definition) is 3. The molecular formula is C60H70FN15O14. The van der Waals surface area contributed by atoms with Gasteiger partial charge in [-0.1, -0.05) is 0 Å². The van der Waals surface area contributed by atoms with Crippen molar-refractivity contribution < 1.29 is 71.3 Å². The van der Waals surface area contributed by atoms with Gasteiger partial charge in [0.2, 0.25) is 23.5 Å². The maximum atomic E-state index is 13.7. The van der Waals surface area contributed by atoms with Crippen molar-refractivity contribution in [3.05, 3.63) is 118 Å². The van der Waals surface area contributed by atoms with Crippen LogP contribution in [0.1, 0.15) is 76.7 Å². The molecule has 9 aromatic rings. The number of hydrogen-bond acceptors (Lipinski definition) is 22. The highest BCUT2D eigenvalue weighted by Crippen LogP contribution is 2.39. The number of ether oxygens (including phenoxy) is 9. The first kappa shape index (κ1) is 67.9. The molecule has 0 aromatic carbocycles. The van der Waals surface area contributed by atoms with Gasteiger partial charge in [0.25, 0.3) is 11.8 Å². The van der Waals surface area contributed by atoms with Gasteiger partial charge in [-0.3, -0.25) is 33.3 Å². The second kappa shape index (κ2) is 29.9. The first-order valence-corrected chi connectivity index (χ1v) is 27.0. The average molecular weight is 1240 g/mol. The van der Waals surface area contributed by atoms with Crippen molar-refractivity contribution in [3.63, 3.8) is 0 Å². The Labute approximate surface area is 516 Å². The van der Waals surface area contributed by atoms with Crippen LogP contribution in [0.2, 0.25) is 0 Å². The van der Waals surface area contributed by atoms with Crippen LogP contribution in [-0.2, 0) is 32.9 Å². The zero-order valence-electron chi connectivity index (χ0n) is 53.0. The number of rotatable bonds is 18. The number of anilines is 1. The van der Waals surface area contributed by atoms with E-state index < -0.39 is 29.6 Å². The molecule has 29 nitrogen and oxygen atoms in total. The van der Waals surface area contributed by atoms with E-state index in [0.29, 0.717) is 115 Å². The molecule has 4 N–H and O–H groups in total. The highest BCUT2D eigenvalue weighted by atomic mass is 19.1. The predicted molar refractivity (Wildman–Crippen MR) is 325 cm³/mol. The Bertz CT molecular complexity index is 3980. The molecule has 0 radical (unpaired) electrons. The number of pyridine rings is 5. The largest absolute Gasteiger partial charge is 0.496 e. The van der Waals surface area contributed by atoms with Gasteiger partial charge in [0.1, 0.15) is 28.8 Å². The molecule has 30 heteroatoms. The van der Waals surface area contributed by atoms with Gasteiger partial charge < -0.3 is 58.8 Å². The molecule has 0 unspecified atom stereocenters. The third-order valence-electron chi connectivity index (χ3n) is 13.8. The third kappa shape index (κ3) is 14.6. The lowest BCUT2D eigenvalue weighted by Crippen LogP contribution is -2.15. The van der Waals surface area contributed by atoms with E-state index in [-0.39, 0.29) is 22.8 Å². The van der Waals surface area contributed by atoms with Gasteiger partial charge >= 0.3 is 11.9 Å². The van der Waals surface area contributed by atoms with Crippen LogP contribution in [0.5, 0.6) is 46.5 Å². The van der Waals surface area contributed by atoms with E-state index in [9.17, 15) is 23.6 Å². The number of nitrogens with two attached hydrogens (primary N) is 1. The standard InChI is InChI=1S/C19H20FN5O3.C15H19N3O4.C13H16N4O3.C13H15N3O4/c1-10-13(20)8-21-9-14(10)23-19(26)17-11(2)18(25(3)24-17)12-7-22-16(28-5)6-15(12)27-4;1-6-22-15(19)13-9(2)14(18(3)17-13)10-8-16-12(21-5)7-11(10)20-4;1-7-11(13(14)18)16-17(2)12(7)8-6-15-10(20-4)5-9(8)19-3;1-7-11(13(17)18)15-16(2)12(7)8-6-14-10(20-4)5-9(8)19-3/h6-9H,1-5H3,(H,23,26);7-8H,6H2,1-5H3;5-6H,1-4H3,(H2,14,18);5-6H,1-4H3,(H,17,18). The van der Waals surface area contributed by atoms with Gasteiger partial charge in [-0.15, -0.1) is 0 Å². The molecule has 0 bridgehead atoms. The maximum Gasteiger partial charge on any atom is 0.359 e. The van der Waals surface area contributed by atoms with E-state index in [1.165, 1.54) is 53.5 Å². The van der Waals surface area contributed by atoms with Gasteiger partial charge in [0.05, 0.1) is 127 Å². The molecule has 9 aromatic heterocycles. The molecule has 0 aliphatic carbocycles. The number of carboxylic acids is 1. The number of aryl methyl sites for hydroxylation is 4. The Kier molecular flexibility index (Phi) is 22.6. The Hall–Kier alpha value is -11.2. The summed E-state index contributed by atoms with van der Waals surface area (Å²) in [5.41, 5.74) is 14.8. The number of amides is 2. The fourth-order valence-electron chi connectivity index (χ4n) is 9.39. The normalized spacial score (nSPS) is 10.5. The second-order valence-corrected chi connectivity index (χ2v) is 19.1. The summed E-state index contributed by atoms with van der Waals surface area (Å²) in [4.78, 5) is 67.6. The minimum absolute atomic E-state index is 0.0142. The third-order valence-corrected chi connectivity index (χ3v) is 13.8. The zero-order chi connectivity index (χ0) is 66.4. The summed E-state index contributed by atoms with van der Waals surface area (Å²) in [5, 5.41) is 28.5. The fourth-order valence-corrected chi connectivity index (χ4v) is 9.39. The first-order chi connectivity index (χ1) is 42.9. The van der Waals surface area contributed by atoms with Crippen molar-refractivity contribution in [1.82, 2.24) is 64.0 Å². The number of carbonyl (C=O) groups excluding carboxylic acids is 3. The van der Waals surface area contributed by atoms with Gasteiger partial charge in [-0.2, -0.15) is 20.4 Å². The van der Waals surface area contributed by atoms with E-state index in [0.717, 1.165) is 23.1 Å². The molecule has 0 fully saturated rings. The lowest BCUT2D eigenvalue weighted by molar-refractivity contribution is 0.0516. The smallest absolute Gasteiger partial charge is 0.359 e. The summed E-state index contributed by atoms with van der Waals surface area (Å²) in [7, 11) is 19.2. The number of nitrogens with one attached hydrogen (secondary N) is 1. The van der Waals surface area contributed by atoms with Crippen LogP contribution in [0.4, 0.5) is 10.1 Å². The van der Waals surface area contributed by atoms with E-state index >= 15 is 0 Å². The maximum absolute atomic E-state index is 13.7. The lowest BCUT2D eigenvalue weighted by atomic mass is 10.1. The van der Waals surface area contributed by atoms with Crippen LogP contribution < -0.4 is 48.9 Å². The monoisotopic (exact) mass is 1240 g/mol. The summed E-state index contributed by atoms with van der Waals surface area (Å²) in [6.07, 6.45) is 8.92. The number of carbonyl (C=O) groups is 4. The molecule has 0 spiro atoms. The van der Waals surface area contributed by atoms with Crippen LogP contribution in [0.25, 0.3) is 45.0 Å². The summed E-state index contributed by atoms with van der Waals surface area (Å²) < 4.78 is 66.8. The molecule has 0 saturated heterocycles. The van der Waals surface area contributed by atoms with Crippen molar-refractivity contribution in [1.29, 1.82) is 0 Å². The number of halogens is 1. The Balaban J connectivity index is 0.000000193. The number of primary amides is 1. The predicted octanol–water partition coefficient (Wildman–Crippen LogP) is 7.30. The van der Waals surface area contributed by atoms with Crippen molar-refractivity contribution in [2.24, 2.45) is 33.9 Å². The topological polar surface area (TPSA) is 345 Å². The number of nitrogens with zero attached hydrogens (tertiary/aromatic N) is 13. The van der Waals surface area contributed by atoms with Gasteiger partial charge in [0.15, 0.2) is 22.8 Å². The van der Waals surface area contributed by atoms with Crippen molar-refractivity contribution >= 4 is 29.4 Å². The molecule has 0 aliphatic heterocycles. The highest BCUT2D eigenvalue weighted by Gasteiger charge is 2.27. The van der Waals surface area contributed by atoms with E-state index in [4.69, 9.17) is 53.5 Å². The Morgan fingerprint density at radius 3 is 1.11 bits per heavy atom. The van der Waals surface area contributed by atoms with E-state index in [1.54, 1.807) is 140 Å². The summed E-state index contributed by atoms with van der Waals surface area (Å²) >= 11 is 0. The van der Waals surface area contributed by atoms with Crippen molar-refractivity contribution in [3.8, 4) is 91.5 Å². The van der Waals surface area contributed by atoms with Gasteiger partial charge in [-0.05, 0) is 41.5 Å². The minimum Gasteiger partial charge on any atom is -0.496 e. The molecule has 0 atom stereocenters. The molecule has 476 valence electrons. The van der Waals surface area contributed by atoms with Gasteiger partial charge in [0, 0.05) is 105 Å². The number of esters is 1. The molecular weight excluding hydrogens is 1170 g/mol. The van der Waals surface area contributed by atoms with Crippen molar-refractivity contribution in [2.75, 3.05) is 68.8 Å². The summed E-state index contributed by atoms with van der Waals surface area (Å²) in [6.45, 7) is 10.7. The summed E-state index contributed by atoms with van der Waals surface area (Å²) in [6, 6.07) is 6.66. The van der Waals surface area contributed by atoms with Gasteiger partial charge in [-0.25, -0.2) is 33.9 Å². The van der Waals surface area contributed by atoms with Crippen molar-refractivity contribution in [2.45, 2.75) is 41.5 Å². The number of methoxy groups -OCH3 is 8. The quantitative estimate of drug-likeness (QED) is 0.0709. The van der Waals surface area contributed by atoms with E-state index in [2.05, 4.69) is 50.6 Å². The molecule has 2 amide bonds.